The summed E-state index contributed by atoms with van der Waals surface area (Å²) in [7, 11) is 1.56. The number of carbonyl (C=O) groups is 3. The molecule has 0 spiro atoms. The highest BCUT2D eigenvalue weighted by Gasteiger charge is 2.31. The van der Waals surface area contributed by atoms with Gasteiger partial charge in [-0.25, -0.2) is 19.7 Å². The Balaban J connectivity index is 1.27. The highest BCUT2D eigenvalue weighted by atomic mass is 16.5. The minimum absolute atomic E-state index is 0.143. The molecule has 6 rings (SSSR count). The van der Waals surface area contributed by atoms with Crippen molar-refractivity contribution in [3.8, 4) is 17.0 Å². The number of carbonyl (C=O) groups excluding carboxylic acids is 3. The van der Waals surface area contributed by atoms with Crippen LogP contribution in [0.4, 0.5) is 4.79 Å². The molecule has 4 amide bonds. The van der Waals surface area contributed by atoms with Gasteiger partial charge in [0, 0.05) is 30.8 Å². The van der Waals surface area contributed by atoms with Gasteiger partial charge in [0.25, 0.3) is 5.91 Å². The molecule has 1 fully saturated rings. The lowest BCUT2D eigenvalue weighted by Crippen LogP contribution is -2.42. The van der Waals surface area contributed by atoms with Crippen LogP contribution in [0.5, 0.6) is 5.75 Å². The third kappa shape index (κ3) is 4.90. The second kappa shape index (κ2) is 10.2. The van der Waals surface area contributed by atoms with E-state index in [0.29, 0.717) is 35.8 Å². The van der Waals surface area contributed by atoms with Gasteiger partial charge in [-0.05, 0) is 42.0 Å². The van der Waals surface area contributed by atoms with Gasteiger partial charge in [0.1, 0.15) is 17.6 Å². The normalized spacial score (nSPS) is 15.2. The molecule has 1 atom stereocenters. The second-order valence-electron chi connectivity index (χ2n) is 9.85. The van der Waals surface area contributed by atoms with Gasteiger partial charge in [-0.3, -0.25) is 14.9 Å². The molecule has 2 aromatic carbocycles. The van der Waals surface area contributed by atoms with E-state index in [9.17, 15) is 14.4 Å². The first kappa shape index (κ1) is 24.5. The van der Waals surface area contributed by atoms with Crippen LogP contribution in [0.3, 0.4) is 0 Å². The van der Waals surface area contributed by atoms with E-state index >= 15 is 0 Å². The minimum atomic E-state index is -0.647. The molecule has 4 aromatic rings. The van der Waals surface area contributed by atoms with E-state index in [-0.39, 0.29) is 12.5 Å². The van der Waals surface area contributed by atoms with Crippen molar-refractivity contribution in [1.82, 2.24) is 35.1 Å². The van der Waals surface area contributed by atoms with E-state index in [0.717, 1.165) is 34.4 Å². The molecule has 198 valence electrons. The van der Waals surface area contributed by atoms with Gasteiger partial charge in [0.15, 0.2) is 5.65 Å². The topological polar surface area (TPSA) is 131 Å². The van der Waals surface area contributed by atoms with Crippen LogP contribution in [0.15, 0.2) is 55.1 Å². The van der Waals surface area contributed by atoms with Crippen molar-refractivity contribution in [3.05, 3.63) is 71.8 Å². The number of methoxy groups -OCH3 is 1. The van der Waals surface area contributed by atoms with Crippen LogP contribution in [0.25, 0.3) is 22.4 Å². The summed E-state index contributed by atoms with van der Waals surface area (Å²) in [5, 5.41) is 4.93. The van der Waals surface area contributed by atoms with Crippen molar-refractivity contribution >= 4 is 29.5 Å². The van der Waals surface area contributed by atoms with Crippen LogP contribution < -0.4 is 15.4 Å². The maximum atomic E-state index is 13.2. The smallest absolute Gasteiger partial charge is 0.321 e. The van der Waals surface area contributed by atoms with Crippen molar-refractivity contribution in [1.29, 1.82) is 0 Å². The van der Waals surface area contributed by atoms with Crippen molar-refractivity contribution in [2.75, 3.05) is 13.7 Å². The summed E-state index contributed by atoms with van der Waals surface area (Å²) in [6.07, 6.45) is 6.11. The number of urea groups is 1. The average molecular weight is 526 g/mol. The Hall–Kier alpha value is -4.80. The second-order valence-corrected chi connectivity index (χ2v) is 9.85. The lowest BCUT2D eigenvalue weighted by Gasteiger charge is -2.25. The van der Waals surface area contributed by atoms with Crippen molar-refractivity contribution in [3.63, 3.8) is 0 Å². The number of hydrogen-bond acceptors (Lipinski definition) is 7. The number of nitrogens with one attached hydrogen (secondary N) is 2. The fourth-order valence-corrected chi connectivity index (χ4v) is 5.04. The van der Waals surface area contributed by atoms with Crippen LogP contribution >= 0.6 is 0 Å². The average Bonchev–Trinajstić information content (AvgIpc) is 3.60. The number of ether oxygens (including phenoxy) is 1. The van der Waals surface area contributed by atoms with E-state index in [1.165, 1.54) is 19.2 Å². The molecule has 2 aromatic heterocycles. The number of nitrogens with zero attached hydrogens (tertiary/aromatic N) is 5. The first-order valence-electron chi connectivity index (χ1n) is 12.8. The minimum Gasteiger partial charge on any atom is -0.497 e. The standard InChI is InChI=1S/C28H27N7O4/c1-39-21-9-8-20-12-34(27(37)22(20)10-21)13-23(33-28(38)32-16-36)18-4-6-19(7-5-18)24-25-26(30-14-29-24)31-15-35(25)11-17-2-3-17/h4-10,14-17,23H,2-3,11-13H2,1H3,(H2,32,33,36,38)/t23-/m0/s1. The maximum absolute atomic E-state index is 13.2. The maximum Gasteiger partial charge on any atom is 0.321 e. The largest absolute Gasteiger partial charge is 0.497 e. The number of amides is 4. The van der Waals surface area contributed by atoms with Crippen molar-refractivity contribution < 1.29 is 19.1 Å². The quantitative estimate of drug-likeness (QED) is 0.321. The Morgan fingerprint density at radius 2 is 1.97 bits per heavy atom. The molecule has 1 aliphatic carbocycles. The molecule has 0 radical (unpaired) electrons. The predicted molar refractivity (Wildman–Crippen MR) is 142 cm³/mol. The SMILES string of the molecule is COc1ccc2c(c1)C(=O)N(C[C@H](NC(=O)NC=O)c1ccc(-c3ncnc4ncn(CC5CC5)c34)cc1)C2. The van der Waals surface area contributed by atoms with Crippen LogP contribution in [-0.2, 0) is 17.9 Å². The zero-order chi connectivity index (χ0) is 26.9. The Labute approximate surface area is 224 Å². The molecule has 1 saturated carbocycles. The number of rotatable bonds is 9. The monoisotopic (exact) mass is 525 g/mol. The number of aromatic nitrogens is 4. The van der Waals surface area contributed by atoms with Gasteiger partial charge < -0.3 is 19.5 Å². The molecule has 11 nitrogen and oxygen atoms in total. The van der Waals surface area contributed by atoms with Gasteiger partial charge in [-0.2, -0.15) is 0 Å². The van der Waals surface area contributed by atoms with Gasteiger partial charge in [0.2, 0.25) is 6.41 Å². The number of benzene rings is 2. The fraction of sp³-hybridized carbons (Fsp3) is 0.286. The summed E-state index contributed by atoms with van der Waals surface area (Å²) < 4.78 is 7.39. The van der Waals surface area contributed by atoms with E-state index < -0.39 is 12.1 Å². The zero-order valence-electron chi connectivity index (χ0n) is 21.3. The molecule has 0 saturated heterocycles. The van der Waals surface area contributed by atoms with Crippen LogP contribution in [-0.4, -0.2) is 56.4 Å². The van der Waals surface area contributed by atoms with Crippen LogP contribution in [0, 0.1) is 5.92 Å². The van der Waals surface area contributed by atoms with E-state index in [2.05, 4.69) is 30.2 Å². The van der Waals surface area contributed by atoms with Gasteiger partial charge >= 0.3 is 6.03 Å². The van der Waals surface area contributed by atoms with Crippen LogP contribution in [0.1, 0.15) is 40.4 Å². The Kier molecular flexibility index (Phi) is 6.39. The third-order valence-electron chi connectivity index (χ3n) is 7.24. The summed E-state index contributed by atoms with van der Waals surface area (Å²) in [6.45, 7) is 1.52. The van der Waals surface area contributed by atoms with E-state index in [1.54, 1.807) is 18.1 Å². The summed E-state index contributed by atoms with van der Waals surface area (Å²) in [6, 6.07) is 11.9. The lowest BCUT2D eigenvalue weighted by molar-refractivity contribution is -0.108. The predicted octanol–water partition coefficient (Wildman–Crippen LogP) is 3.06. The first-order valence-corrected chi connectivity index (χ1v) is 12.8. The molecule has 39 heavy (non-hydrogen) atoms. The summed E-state index contributed by atoms with van der Waals surface area (Å²) in [4.78, 5) is 51.4. The molecule has 0 unspecified atom stereocenters. The zero-order valence-corrected chi connectivity index (χ0v) is 21.3. The number of fused-ring (bicyclic) bond motifs is 2. The van der Waals surface area contributed by atoms with Crippen molar-refractivity contribution in [2.24, 2.45) is 5.92 Å². The Bertz CT molecular complexity index is 1560. The molecular weight excluding hydrogens is 498 g/mol. The van der Waals surface area contributed by atoms with Gasteiger partial charge in [-0.1, -0.05) is 30.3 Å². The number of imidazole rings is 1. The first-order chi connectivity index (χ1) is 19.0. The van der Waals surface area contributed by atoms with E-state index in [1.807, 2.05) is 42.7 Å². The molecule has 2 N–H and O–H groups in total. The number of imide groups is 1. The summed E-state index contributed by atoms with van der Waals surface area (Å²) in [5.74, 6) is 1.13. The van der Waals surface area contributed by atoms with Gasteiger partial charge in [-0.15, -0.1) is 0 Å². The molecule has 0 bridgehead atoms. The summed E-state index contributed by atoms with van der Waals surface area (Å²) >= 11 is 0. The molecular formula is C28H27N7O4. The molecule has 1 aliphatic heterocycles. The Morgan fingerprint density at radius 3 is 2.72 bits per heavy atom. The lowest BCUT2D eigenvalue weighted by atomic mass is 10.0. The molecule has 11 heteroatoms. The van der Waals surface area contributed by atoms with E-state index in [4.69, 9.17) is 4.74 Å². The molecule has 3 heterocycles. The highest BCUT2D eigenvalue weighted by Crippen LogP contribution is 2.34. The summed E-state index contributed by atoms with van der Waals surface area (Å²) in [5.41, 5.74) is 5.47. The van der Waals surface area contributed by atoms with Gasteiger partial charge in [0.05, 0.1) is 25.2 Å². The van der Waals surface area contributed by atoms with Crippen molar-refractivity contribution in [2.45, 2.75) is 32.0 Å². The van der Waals surface area contributed by atoms with Crippen LogP contribution in [0.2, 0.25) is 0 Å². The third-order valence-corrected chi connectivity index (χ3v) is 7.24. The molecule has 2 aliphatic rings. The number of hydrogen-bond donors (Lipinski definition) is 2. The fourth-order valence-electron chi connectivity index (χ4n) is 5.04. The highest BCUT2D eigenvalue weighted by molar-refractivity contribution is 5.98. The Morgan fingerprint density at radius 1 is 1.15 bits per heavy atom.